The van der Waals surface area contributed by atoms with Crippen LogP contribution in [0.4, 0.5) is 0 Å². The molecule has 0 saturated heterocycles. The lowest BCUT2D eigenvalue weighted by Crippen LogP contribution is -2.43. The number of carbonyl (C=O) groups is 2. The number of para-hydroxylation sites is 1. The molecule has 0 spiro atoms. The Morgan fingerprint density at radius 1 is 0.893 bits per heavy atom. The quantitative estimate of drug-likeness (QED) is 0.533. The van der Waals surface area contributed by atoms with Crippen LogP contribution >= 0.6 is 0 Å². The second kappa shape index (κ2) is 7.44. The van der Waals surface area contributed by atoms with Gasteiger partial charge in [0.1, 0.15) is 16.9 Å². The van der Waals surface area contributed by atoms with Crippen molar-refractivity contribution in [3.8, 4) is 5.75 Å². The minimum Gasteiger partial charge on any atom is -0.484 e. The van der Waals surface area contributed by atoms with Gasteiger partial charge in [0.15, 0.2) is 6.61 Å². The maximum absolute atomic E-state index is 12.0. The highest BCUT2D eigenvalue weighted by molar-refractivity contribution is 6.05. The smallest absolute Gasteiger partial charge is 0.276 e. The van der Waals surface area contributed by atoms with Gasteiger partial charge in [0.05, 0.1) is 0 Å². The number of rotatable bonds is 4. The minimum absolute atomic E-state index is 0.227. The van der Waals surface area contributed by atoms with Gasteiger partial charge in [-0.15, -0.1) is 0 Å². The lowest BCUT2D eigenvalue weighted by Gasteiger charge is -2.09. The number of ether oxygens (including phenoxy) is 1. The van der Waals surface area contributed by atoms with Gasteiger partial charge in [-0.25, -0.2) is 0 Å². The van der Waals surface area contributed by atoms with Crippen LogP contribution in [0.5, 0.6) is 5.75 Å². The molecule has 0 aliphatic heterocycles. The number of benzene rings is 3. The van der Waals surface area contributed by atoms with Crippen LogP contribution in [0.1, 0.15) is 15.9 Å². The Balaban J connectivity index is 1.36. The molecule has 0 atom stereocenters. The van der Waals surface area contributed by atoms with E-state index in [0.717, 1.165) is 27.5 Å². The van der Waals surface area contributed by atoms with Crippen molar-refractivity contribution in [1.29, 1.82) is 0 Å². The number of aryl methyl sites for hydroxylation is 1. The van der Waals surface area contributed by atoms with Gasteiger partial charge >= 0.3 is 0 Å². The van der Waals surface area contributed by atoms with Crippen molar-refractivity contribution >= 4 is 33.8 Å². The third-order valence-electron chi connectivity index (χ3n) is 4.35. The molecular formula is C22H18N2O4. The Morgan fingerprint density at radius 2 is 1.64 bits per heavy atom. The Labute approximate surface area is 161 Å². The number of carbonyl (C=O) groups excluding carboxylic acids is 2. The predicted molar refractivity (Wildman–Crippen MR) is 106 cm³/mol. The van der Waals surface area contributed by atoms with Gasteiger partial charge in [0.2, 0.25) is 0 Å². The van der Waals surface area contributed by atoms with Crippen LogP contribution in [0, 0.1) is 6.92 Å². The van der Waals surface area contributed by atoms with Gasteiger partial charge in [0.25, 0.3) is 11.8 Å². The summed E-state index contributed by atoms with van der Waals surface area (Å²) in [5.74, 6) is -0.309. The number of hydrogen-bond donors (Lipinski definition) is 2. The van der Waals surface area contributed by atoms with E-state index in [9.17, 15) is 9.59 Å². The van der Waals surface area contributed by atoms with E-state index >= 15 is 0 Å². The largest absolute Gasteiger partial charge is 0.484 e. The van der Waals surface area contributed by atoms with Crippen LogP contribution in [-0.2, 0) is 4.79 Å². The molecule has 0 bridgehead atoms. The molecule has 28 heavy (non-hydrogen) atoms. The molecule has 4 aromatic rings. The van der Waals surface area contributed by atoms with Crippen molar-refractivity contribution in [3.63, 3.8) is 0 Å². The van der Waals surface area contributed by atoms with Crippen molar-refractivity contribution in [3.05, 3.63) is 77.9 Å². The lowest BCUT2D eigenvalue weighted by atomic mass is 10.1. The molecule has 3 aromatic carbocycles. The Kier molecular flexibility index (Phi) is 4.68. The van der Waals surface area contributed by atoms with Gasteiger partial charge in [-0.05, 0) is 43.3 Å². The molecule has 1 heterocycles. The monoisotopic (exact) mass is 374 g/mol. The molecule has 140 valence electrons. The van der Waals surface area contributed by atoms with Crippen molar-refractivity contribution in [2.75, 3.05) is 6.61 Å². The second-order valence-corrected chi connectivity index (χ2v) is 6.41. The highest BCUT2D eigenvalue weighted by atomic mass is 16.5. The first-order valence-electron chi connectivity index (χ1n) is 8.80. The van der Waals surface area contributed by atoms with Crippen LogP contribution in [0.25, 0.3) is 21.9 Å². The fourth-order valence-corrected chi connectivity index (χ4v) is 2.88. The molecule has 6 nitrogen and oxygen atoms in total. The number of amides is 2. The predicted octanol–water partition coefficient (Wildman–Crippen LogP) is 3.73. The topological polar surface area (TPSA) is 80.6 Å². The van der Waals surface area contributed by atoms with Crippen molar-refractivity contribution in [2.45, 2.75) is 6.92 Å². The summed E-state index contributed by atoms with van der Waals surface area (Å²) in [7, 11) is 0. The summed E-state index contributed by atoms with van der Waals surface area (Å²) in [6, 6.07) is 20.1. The van der Waals surface area contributed by atoms with Gasteiger partial charge in [-0.1, -0.05) is 35.9 Å². The summed E-state index contributed by atoms with van der Waals surface area (Å²) in [5.41, 5.74) is 7.78. The average Bonchev–Trinajstić information content (AvgIpc) is 3.09. The first-order chi connectivity index (χ1) is 13.6. The van der Waals surface area contributed by atoms with Crippen molar-refractivity contribution < 1.29 is 18.7 Å². The summed E-state index contributed by atoms with van der Waals surface area (Å²) in [4.78, 5) is 24.0. The van der Waals surface area contributed by atoms with Gasteiger partial charge < -0.3 is 9.15 Å². The van der Waals surface area contributed by atoms with E-state index in [1.165, 1.54) is 0 Å². The van der Waals surface area contributed by atoms with Crippen LogP contribution in [0.3, 0.4) is 0 Å². The van der Waals surface area contributed by atoms with Crippen LogP contribution in [0.2, 0.25) is 0 Å². The maximum atomic E-state index is 12.0. The zero-order valence-corrected chi connectivity index (χ0v) is 15.2. The maximum Gasteiger partial charge on any atom is 0.276 e. The molecule has 0 unspecified atom stereocenters. The Hall–Kier alpha value is -3.80. The average molecular weight is 374 g/mol. The van der Waals surface area contributed by atoms with Crippen LogP contribution < -0.4 is 15.6 Å². The number of hydrazine groups is 1. The minimum atomic E-state index is -0.461. The first kappa shape index (κ1) is 17.6. The molecule has 2 amide bonds. The van der Waals surface area contributed by atoms with Gasteiger partial charge in [-0.3, -0.25) is 20.4 Å². The lowest BCUT2D eigenvalue weighted by molar-refractivity contribution is -0.123. The number of nitrogens with one attached hydrogen (secondary N) is 2. The Bertz CT molecular complexity index is 1160. The normalized spacial score (nSPS) is 10.8. The summed E-state index contributed by atoms with van der Waals surface area (Å²) in [6.07, 6.45) is 0. The third kappa shape index (κ3) is 3.66. The highest BCUT2D eigenvalue weighted by Crippen LogP contribution is 2.31. The SMILES string of the molecule is Cc1ccc(C(=O)NNC(=O)COc2ccc3oc4ccccc4c3c2)cc1. The molecule has 0 saturated carbocycles. The van der Waals surface area contributed by atoms with E-state index in [4.69, 9.17) is 9.15 Å². The van der Waals surface area contributed by atoms with Crippen LogP contribution in [0.15, 0.2) is 71.1 Å². The van der Waals surface area contributed by atoms with E-state index in [-0.39, 0.29) is 12.5 Å². The molecule has 2 N–H and O–H groups in total. The summed E-state index contributed by atoms with van der Waals surface area (Å²) < 4.78 is 11.3. The van der Waals surface area contributed by atoms with E-state index in [1.807, 2.05) is 55.5 Å². The molecule has 4 rings (SSSR count). The molecular weight excluding hydrogens is 356 g/mol. The van der Waals surface area contributed by atoms with E-state index in [2.05, 4.69) is 10.9 Å². The first-order valence-corrected chi connectivity index (χ1v) is 8.80. The van der Waals surface area contributed by atoms with Gasteiger partial charge in [0, 0.05) is 16.3 Å². The molecule has 0 radical (unpaired) electrons. The number of furan rings is 1. The summed E-state index contributed by atoms with van der Waals surface area (Å²) in [5, 5.41) is 1.90. The van der Waals surface area contributed by atoms with E-state index in [1.54, 1.807) is 18.2 Å². The van der Waals surface area contributed by atoms with Crippen molar-refractivity contribution in [1.82, 2.24) is 10.9 Å². The summed E-state index contributed by atoms with van der Waals surface area (Å²) >= 11 is 0. The van der Waals surface area contributed by atoms with Gasteiger partial charge in [-0.2, -0.15) is 0 Å². The highest BCUT2D eigenvalue weighted by Gasteiger charge is 2.10. The molecule has 0 aliphatic rings. The fourth-order valence-electron chi connectivity index (χ4n) is 2.88. The zero-order valence-electron chi connectivity index (χ0n) is 15.2. The zero-order chi connectivity index (χ0) is 19.5. The van der Waals surface area contributed by atoms with Crippen LogP contribution in [-0.4, -0.2) is 18.4 Å². The van der Waals surface area contributed by atoms with E-state index < -0.39 is 5.91 Å². The molecule has 6 heteroatoms. The van der Waals surface area contributed by atoms with Crippen molar-refractivity contribution in [2.24, 2.45) is 0 Å². The molecule has 0 fully saturated rings. The number of hydrogen-bond acceptors (Lipinski definition) is 4. The molecule has 1 aromatic heterocycles. The molecule has 0 aliphatic carbocycles. The summed E-state index contributed by atoms with van der Waals surface area (Å²) in [6.45, 7) is 1.71. The second-order valence-electron chi connectivity index (χ2n) is 6.41. The van der Waals surface area contributed by atoms with E-state index in [0.29, 0.717) is 11.3 Å². The fraction of sp³-hybridized carbons (Fsp3) is 0.0909. The standard InChI is InChI=1S/C22H18N2O4/c1-14-6-8-15(9-7-14)22(26)24-23-21(25)13-27-16-10-11-20-18(12-16)17-4-2-3-5-19(17)28-20/h2-12H,13H2,1H3,(H,23,25)(H,24,26). The third-order valence-corrected chi connectivity index (χ3v) is 4.35. The number of fused-ring (bicyclic) bond motifs is 3. The Morgan fingerprint density at radius 3 is 2.46 bits per heavy atom.